The number of nitrogens with zero attached hydrogens (tertiary/aromatic N) is 2. The third-order valence-electron chi connectivity index (χ3n) is 3.48. The van der Waals surface area contributed by atoms with E-state index in [9.17, 15) is 5.11 Å². The van der Waals surface area contributed by atoms with Crippen molar-refractivity contribution in [3.8, 4) is 5.75 Å². The summed E-state index contributed by atoms with van der Waals surface area (Å²) in [5.74, 6) is 6.09. The lowest BCUT2D eigenvalue weighted by Gasteiger charge is -2.00. The number of hydrogen-bond acceptors (Lipinski definition) is 3. The Morgan fingerprint density at radius 3 is 2.95 bits per heavy atom. The van der Waals surface area contributed by atoms with E-state index in [1.165, 1.54) is 0 Å². The largest absolute Gasteiger partial charge is 0.508 e. The number of aliphatic imine (C=N–C) groups is 2. The number of phenols is 1. The van der Waals surface area contributed by atoms with Crippen LogP contribution in [0.2, 0.25) is 0 Å². The molecule has 5 N–H and O–H groups in total. The third-order valence-corrected chi connectivity index (χ3v) is 3.48. The predicted octanol–water partition coefficient (Wildman–Crippen LogP) is 2.61. The van der Waals surface area contributed by atoms with E-state index in [4.69, 9.17) is 5.84 Å². The van der Waals surface area contributed by atoms with Gasteiger partial charge in [-0.05, 0) is 31.0 Å². The molecule has 6 heteroatoms. The molecule has 0 radical (unpaired) electrons. The van der Waals surface area contributed by atoms with Gasteiger partial charge in [-0.25, -0.2) is 10.8 Å². The number of benzene rings is 1. The first-order chi connectivity index (χ1) is 10.7. The number of nitrogens with one attached hydrogen (secondary N) is 2. The molecule has 0 aliphatic rings. The van der Waals surface area contributed by atoms with E-state index >= 15 is 0 Å². The second kappa shape index (κ2) is 7.61. The van der Waals surface area contributed by atoms with Crippen LogP contribution in [0.5, 0.6) is 5.75 Å². The summed E-state index contributed by atoms with van der Waals surface area (Å²) in [7, 11) is 0. The van der Waals surface area contributed by atoms with Crippen LogP contribution in [-0.4, -0.2) is 28.8 Å². The minimum atomic E-state index is 0.240. The van der Waals surface area contributed by atoms with E-state index in [2.05, 4.69) is 27.3 Å². The molecule has 118 valence electrons. The van der Waals surface area contributed by atoms with Crippen LogP contribution in [0.1, 0.15) is 37.3 Å². The molecule has 0 amide bonds. The van der Waals surface area contributed by atoms with Crippen molar-refractivity contribution in [1.29, 1.82) is 0 Å². The molecule has 0 aliphatic carbocycles. The van der Waals surface area contributed by atoms with Crippen molar-refractivity contribution in [2.45, 2.75) is 33.1 Å². The minimum absolute atomic E-state index is 0.240. The second-order valence-electron chi connectivity index (χ2n) is 5.24. The fourth-order valence-electron chi connectivity index (χ4n) is 2.32. The number of aromatic nitrogens is 1. The number of aryl methyl sites for hydroxylation is 1. The SMILES string of the molecule is CCCCCN=C(/N=C\c1c[nH]c2c(C)cc(O)cc12)NN. The Morgan fingerprint density at radius 1 is 1.41 bits per heavy atom. The van der Waals surface area contributed by atoms with Crippen LogP contribution in [0, 0.1) is 6.92 Å². The number of unbranched alkanes of at least 4 members (excludes halogenated alkanes) is 2. The first-order valence-corrected chi connectivity index (χ1v) is 7.51. The van der Waals surface area contributed by atoms with Gasteiger partial charge in [-0.2, -0.15) is 0 Å². The number of hydrazine groups is 1. The summed E-state index contributed by atoms with van der Waals surface area (Å²) in [5.41, 5.74) is 5.36. The topological polar surface area (TPSA) is 98.8 Å². The average molecular weight is 301 g/mol. The zero-order valence-corrected chi connectivity index (χ0v) is 13.1. The molecule has 0 atom stereocenters. The smallest absolute Gasteiger partial charge is 0.232 e. The molecule has 2 rings (SSSR count). The maximum Gasteiger partial charge on any atom is 0.232 e. The molecule has 0 saturated carbocycles. The first kappa shape index (κ1) is 16.0. The minimum Gasteiger partial charge on any atom is -0.508 e. The molecular formula is C16H23N5O. The molecule has 6 nitrogen and oxygen atoms in total. The lowest BCUT2D eigenvalue weighted by molar-refractivity contribution is 0.476. The van der Waals surface area contributed by atoms with E-state index in [0.29, 0.717) is 12.5 Å². The third kappa shape index (κ3) is 3.85. The number of aromatic hydroxyl groups is 1. The molecule has 1 aromatic carbocycles. The Labute approximate surface area is 130 Å². The highest BCUT2D eigenvalue weighted by molar-refractivity contribution is 6.04. The Balaban J connectivity index is 2.18. The van der Waals surface area contributed by atoms with Crippen LogP contribution in [-0.2, 0) is 0 Å². The predicted molar refractivity (Wildman–Crippen MR) is 91.4 cm³/mol. The normalized spacial score (nSPS) is 12.4. The molecule has 0 aliphatic heterocycles. The number of fused-ring (bicyclic) bond motifs is 1. The molecule has 1 heterocycles. The van der Waals surface area contributed by atoms with Crippen LogP contribution in [0.25, 0.3) is 10.9 Å². The maximum atomic E-state index is 9.73. The molecule has 0 fully saturated rings. The summed E-state index contributed by atoms with van der Waals surface area (Å²) in [5, 5.41) is 10.6. The summed E-state index contributed by atoms with van der Waals surface area (Å²) in [6.07, 6.45) is 6.87. The lowest BCUT2D eigenvalue weighted by Crippen LogP contribution is -2.29. The van der Waals surface area contributed by atoms with Gasteiger partial charge in [0.25, 0.3) is 0 Å². The monoisotopic (exact) mass is 301 g/mol. The van der Waals surface area contributed by atoms with Crippen molar-refractivity contribution in [3.63, 3.8) is 0 Å². The zero-order valence-electron chi connectivity index (χ0n) is 13.1. The van der Waals surface area contributed by atoms with Crippen LogP contribution in [0.4, 0.5) is 0 Å². The fourth-order valence-corrected chi connectivity index (χ4v) is 2.32. The average Bonchev–Trinajstić information content (AvgIpc) is 2.90. The zero-order chi connectivity index (χ0) is 15.9. The number of phenolic OH excluding ortho intramolecular Hbond substituents is 1. The maximum absolute atomic E-state index is 9.73. The van der Waals surface area contributed by atoms with Gasteiger partial charge in [-0.1, -0.05) is 19.8 Å². The molecule has 0 bridgehead atoms. The molecule has 0 saturated heterocycles. The van der Waals surface area contributed by atoms with Crippen LogP contribution in [0.3, 0.4) is 0 Å². The van der Waals surface area contributed by atoms with Gasteiger partial charge in [0.05, 0.1) is 0 Å². The number of hydrogen-bond donors (Lipinski definition) is 4. The van der Waals surface area contributed by atoms with E-state index in [-0.39, 0.29) is 5.75 Å². The highest BCUT2D eigenvalue weighted by atomic mass is 16.3. The molecule has 22 heavy (non-hydrogen) atoms. The Bertz CT molecular complexity index is 687. The Hall–Kier alpha value is -2.34. The number of guanidine groups is 1. The second-order valence-corrected chi connectivity index (χ2v) is 5.24. The molecule has 1 aromatic heterocycles. The Morgan fingerprint density at radius 2 is 2.23 bits per heavy atom. The van der Waals surface area contributed by atoms with E-state index in [1.54, 1.807) is 18.3 Å². The summed E-state index contributed by atoms with van der Waals surface area (Å²) in [6, 6.07) is 3.44. The van der Waals surface area contributed by atoms with Gasteiger partial charge in [0.2, 0.25) is 5.96 Å². The van der Waals surface area contributed by atoms with Gasteiger partial charge < -0.3 is 10.1 Å². The highest BCUT2D eigenvalue weighted by Gasteiger charge is 2.06. The van der Waals surface area contributed by atoms with Gasteiger partial charge in [0, 0.05) is 35.4 Å². The fraction of sp³-hybridized carbons (Fsp3) is 0.375. The summed E-state index contributed by atoms with van der Waals surface area (Å²) < 4.78 is 0. The standard InChI is InChI=1S/C16H23N5O/c1-3-4-5-6-18-16(21-17)20-10-12-9-19-15-11(2)7-13(22)8-14(12)15/h7-10,19,22H,3-6,17H2,1-2H3,(H,18,21)/b20-10-. The van der Waals surface area contributed by atoms with E-state index in [1.807, 2.05) is 13.1 Å². The number of H-pyrrole nitrogens is 1. The van der Waals surface area contributed by atoms with Gasteiger partial charge in [0.1, 0.15) is 5.75 Å². The van der Waals surface area contributed by atoms with Crippen molar-refractivity contribution in [1.82, 2.24) is 10.4 Å². The quantitative estimate of drug-likeness (QED) is 0.224. The van der Waals surface area contributed by atoms with Crippen LogP contribution in [0.15, 0.2) is 28.3 Å². The van der Waals surface area contributed by atoms with Crippen LogP contribution < -0.4 is 11.3 Å². The van der Waals surface area contributed by atoms with Crippen molar-refractivity contribution in [2.24, 2.45) is 15.8 Å². The summed E-state index contributed by atoms with van der Waals surface area (Å²) in [4.78, 5) is 11.8. The van der Waals surface area contributed by atoms with Gasteiger partial charge in [0.15, 0.2) is 0 Å². The van der Waals surface area contributed by atoms with Gasteiger partial charge in [-0.15, -0.1) is 0 Å². The van der Waals surface area contributed by atoms with Crippen molar-refractivity contribution >= 4 is 23.1 Å². The number of nitrogens with two attached hydrogens (primary N) is 1. The summed E-state index contributed by atoms with van der Waals surface area (Å²) >= 11 is 0. The van der Waals surface area contributed by atoms with Crippen molar-refractivity contribution < 1.29 is 5.11 Å². The highest BCUT2D eigenvalue weighted by Crippen LogP contribution is 2.25. The van der Waals surface area contributed by atoms with Gasteiger partial charge >= 0.3 is 0 Å². The molecule has 0 unspecified atom stereocenters. The Kier molecular flexibility index (Phi) is 5.55. The van der Waals surface area contributed by atoms with Crippen molar-refractivity contribution in [3.05, 3.63) is 29.5 Å². The van der Waals surface area contributed by atoms with E-state index < -0.39 is 0 Å². The molecule has 2 aromatic rings. The van der Waals surface area contributed by atoms with E-state index in [0.717, 1.165) is 41.3 Å². The first-order valence-electron chi connectivity index (χ1n) is 7.51. The lowest BCUT2D eigenvalue weighted by atomic mass is 10.1. The number of aromatic amines is 1. The van der Waals surface area contributed by atoms with Crippen LogP contribution >= 0.6 is 0 Å². The molecule has 0 spiro atoms. The van der Waals surface area contributed by atoms with Gasteiger partial charge in [-0.3, -0.25) is 10.4 Å². The molecular weight excluding hydrogens is 278 g/mol. The number of rotatable bonds is 5. The summed E-state index contributed by atoms with van der Waals surface area (Å²) in [6.45, 7) is 4.80. The van der Waals surface area contributed by atoms with Crippen molar-refractivity contribution in [2.75, 3.05) is 6.54 Å².